The molecule has 0 aliphatic rings. The van der Waals surface area contributed by atoms with E-state index in [9.17, 15) is 4.79 Å². The summed E-state index contributed by atoms with van der Waals surface area (Å²) in [6.07, 6.45) is 0.493. The minimum absolute atomic E-state index is 0.230. The number of carbonyl (C=O) groups excluding carboxylic acids is 1. The Kier molecular flexibility index (Phi) is 4.24. The van der Waals surface area contributed by atoms with Crippen LogP contribution in [0.2, 0.25) is 0 Å². The Morgan fingerprint density at radius 3 is 3.06 bits per heavy atom. The molecule has 0 saturated carbocycles. The smallest absolute Gasteiger partial charge is 0.243 e. The van der Waals surface area contributed by atoms with Crippen molar-refractivity contribution < 1.29 is 9.53 Å². The van der Waals surface area contributed by atoms with Crippen LogP contribution in [0.1, 0.15) is 6.42 Å². The second-order valence-electron chi connectivity index (χ2n) is 3.86. The average molecular weight is 265 g/mol. The van der Waals surface area contributed by atoms with Crippen LogP contribution >= 0.6 is 11.3 Å². The van der Waals surface area contributed by atoms with Crippen LogP contribution in [0.5, 0.6) is 0 Å². The van der Waals surface area contributed by atoms with Gasteiger partial charge < -0.3 is 15.8 Å². The molecule has 0 saturated heterocycles. The normalized spacial score (nSPS) is 12.6. The third-order valence-electron chi connectivity index (χ3n) is 2.49. The van der Waals surface area contributed by atoms with E-state index >= 15 is 0 Å². The number of nitrogens with zero attached hydrogens (tertiary/aromatic N) is 1. The van der Waals surface area contributed by atoms with Crippen molar-refractivity contribution in [1.82, 2.24) is 4.98 Å². The fourth-order valence-electron chi connectivity index (χ4n) is 1.50. The number of anilines is 1. The highest BCUT2D eigenvalue weighted by Crippen LogP contribution is 2.25. The lowest BCUT2D eigenvalue weighted by Crippen LogP contribution is -2.36. The molecule has 2 rings (SSSR count). The Morgan fingerprint density at radius 2 is 2.33 bits per heavy atom. The van der Waals surface area contributed by atoms with Gasteiger partial charge in [0.25, 0.3) is 0 Å². The van der Waals surface area contributed by atoms with E-state index in [2.05, 4.69) is 10.3 Å². The summed E-state index contributed by atoms with van der Waals surface area (Å²) < 4.78 is 5.93. The van der Waals surface area contributed by atoms with E-state index in [1.807, 2.05) is 24.3 Å². The van der Waals surface area contributed by atoms with Crippen molar-refractivity contribution in [3.05, 3.63) is 24.3 Å². The lowest BCUT2D eigenvalue weighted by atomic mass is 10.2. The maximum atomic E-state index is 11.8. The number of nitrogens with one attached hydrogen (secondary N) is 1. The van der Waals surface area contributed by atoms with E-state index in [-0.39, 0.29) is 5.91 Å². The first-order chi connectivity index (χ1) is 8.70. The molecule has 6 heteroatoms. The van der Waals surface area contributed by atoms with E-state index in [1.165, 1.54) is 11.3 Å². The first kappa shape index (κ1) is 12.9. The molecule has 0 bridgehead atoms. The van der Waals surface area contributed by atoms with Crippen LogP contribution in [0.4, 0.5) is 5.13 Å². The van der Waals surface area contributed by atoms with Gasteiger partial charge in [-0.1, -0.05) is 23.5 Å². The topological polar surface area (TPSA) is 77.2 Å². The minimum atomic E-state index is -0.572. The summed E-state index contributed by atoms with van der Waals surface area (Å²) in [6.45, 7) is 0.467. The monoisotopic (exact) mass is 265 g/mol. The van der Waals surface area contributed by atoms with Crippen LogP contribution in [0.25, 0.3) is 10.2 Å². The average Bonchev–Trinajstić information content (AvgIpc) is 2.77. The summed E-state index contributed by atoms with van der Waals surface area (Å²) in [5, 5.41) is 3.31. The quantitative estimate of drug-likeness (QED) is 0.860. The largest absolute Gasteiger partial charge is 0.385 e. The van der Waals surface area contributed by atoms with Gasteiger partial charge in [0.1, 0.15) is 0 Å². The number of methoxy groups -OCH3 is 1. The van der Waals surface area contributed by atoms with E-state index < -0.39 is 6.04 Å². The van der Waals surface area contributed by atoms with E-state index in [4.69, 9.17) is 10.5 Å². The molecule has 1 heterocycles. The number of benzene rings is 1. The Hall–Kier alpha value is -1.50. The maximum Gasteiger partial charge on any atom is 0.243 e. The van der Waals surface area contributed by atoms with Gasteiger partial charge in [-0.05, 0) is 18.6 Å². The third-order valence-corrected chi connectivity index (χ3v) is 3.45. The third kappa shape index (κ3) is 3.04. The number of aromatic nitrogens is 1. The van der Waals surface area contributed by atoms with Crippen LogP contribution in [-0.2, 0) is 9.53 Å². The van der Waals surface area contributed by atoms with Crippen LogP contribution in [-0.4, -0.2) is 30.6 Å². The maximum absolute atomic E-state index is 11.8. The second-order valence-corrected chi connectivity index (χ2v) is 4.89. The minimum Gasteiger partial charge on any atom is -0.385 e. The van der Waals surface area contributed by atoms with Crippen LogP contribution < -0.4 is 11.1 Å². The molecule has 0 radical (unpaired) electrons. The summed E-state index contributed by atoms with van der Waals surface area (Å²) in [4.78, 5) is 16.1. The highest BCUT2D eigenvalue weighted by molar-refractivity contribution is 7.22. The van der Waals surface area contributed by atoms with Gasteiger partial charge in [0, 0.05) is 13.7 Å². The molecule has 0 aliphatic heterocycles. The van der Waals surface area contributed by atoms with Gasteiger partial charge in [0.15, 0.2) is 5.13 Å². The molecule has 3 N–H and O–H groups in total. The highest BCUT2D eigenvalue weighted by Gasteiger charge is 2.15. The molecule has 1 aromatic heterocycles. The Bertz CT molecular complexity index is 508. The standard InChI is InChI=1S/C12H15N3O2S/c1-17-7-6-8(13)11(16)15-12-14-9-4-2-3-5-10(9)18-12/h2-5,8H,6-7,13H2,1H3,(H,14,15,16). The van der Waals surface area contributed by atoms with Gasteiger partial charge in [-0.3, -0.25) is 4.79 Å². The summed E-state index contributed by atoms with van der Waals surface area (Å²) in [5.41, 5.74) is 6.61. The predicted octanol–water partition coefficient (Wildman–Crippen LogP) is 1.60. The Balaban J connectivity index is 2.02. The first-order valence-corrected chi connectivity index (χ1v) is 6.43. The SMILES string of the molecule is COCCC(N)C(=O)Nc1nc2ccccc2s1. The lowest BCUT2D eigenvalue weighted by Gasteiger charge is -2.09. The van der Waals surface area contributed by atoms with Crippen molar-refractivity contribution in [3.8, 4) is 0 Å². The summed E-state index contributed by atoms with van der Waals surface area (Å²) in [7, 11) is 1.58. The number of hydrogen-bond acceptors (Lipinski definition) is 5. The van der Waals surface area contributed by atoms with Gasteiger partial charge in [-0.15, -0.1) is 0 Å². The molecular weight excluding hydrogens is 250 g/mol. The van der Waals surface area contributed by atoms with Crippen molar-refractivity contribution in [2.45, 2.75) is 12.5 Å². The second kappa shape index (κ2) is 5.90. The van der Waals surface area contributed by atoms with Crippen LogP contribution in [0.15, 0.2) is 24.3 Å². The van der Waals surface area contributed by atoms with E-state index in [0.29, 0.717) is 18.2 Å². The zero-order valence-corrected chi connectivity index (χ0v) is 10.9. The fourth-order valence-corrected chi connectivity index (χ4v) is 2.37. The molecule has 0 fully saturated rings. The molecule has 96 valence electrons. The zero-order chi connectivity index (χ0) is 13.0. The number of carbonyl (C=O) groups is 1. The van der Waals surface area contributed by atoms with E-state index in [1.54, 1.807) is 7.11 Å². The molecule has 18 heavy (non-hydrogen) atoms. The van der Waals surface area contributed by atoms with Crippen molar-refractivity contribution in [1.29, 1.82) is 0 Å². The Labute approximate surface area is 109 Å². The van der Waals surface area contributed by atoms with Crippen LogP contribution in [0, 0.1) is 0 Å². The van der Waals surface area contributed by atoms with Gasteiger partial charge in [0.05, 0.1) is 16.3 Å². The molecular formula is C12H15N3O2S. The molecule has 1 amide bonds. The Morgan fingerprint density at radius 1 is 1.56 bits per heavy atom. The number of ether oxygens (including phenoxy) is 1. The van der Waals surface area contributed by atoms with Crippen molar-refractivity contribution in [3.63, 3.8) is 0 Å². The number of fused-ring (bicyclic) bond motifs is 1. The van der Waals surface area contributed by atoms with Gasteiger partial charge >= 0.3 is 0 Å². The molecule has 1 aromatic carbocycles. The molecule has 1 unspecified atom stereocenters. The molecule has 0 spiro atoms. The molecule has 1 atom stereocenters. The van der Waals surface area contributed by atoms with Crippen LogP contribution in [0.3, 0.4) is 0 Å². The molecule has 5 nitrogen and oxygen atoms in total. The number of para-hydroxylation sites is 1. The van der Waals surface area contributed by atoms with Crippen molar-refractivity contribution in [2.24, 2.45) is 5.73 Å². The number of amides is 1. The van der Waals surface area contributed by atoms with Gasteiger partial charge in [0.2, 0.25) is 5.91 Å². The number of rotatable bonds is 5. The summed E-state index contributed by atoms with van der Waals surface area (Å²) in [6, 6.07) is 7.16. The predicted molar refractivity (Wildman–Crippen MR) is 72.7 cm³/mol. The molecule has 2 aromatic rings. The summed E-state index contributed by atoms with van der Waals surface area (Å²) in [5.74, 6) is -0.230. The highest BCUT2D eigenvalue weighted by atomic mass is 32.1. The summed E-state index contributed by atoms with van der Waals surface area (Å²) >= 11 is 1.44. The lowest BCUT2D eigenvalue weighted by molar-refractivity contribution is -0.117. The fraction of sp³-hybridized carbons (Fsp3) is 0.333. The zero-order valence-electron chi connectivity index (χ0n) is 10.1. The van der Waals surface area contributed by atoms with Crippen molar-refractivity contribution in [2.75, 3.05) is 19.0 Å². The first-order valence-electron chi connectivity index (χ1n) is 5.61. The van der Waals surface area contributed by atoms with E-state index in [0.717, 1.165) is 10.2 Å². The number of thiazole rings is 1. The molecule has 0 aliphatic carbocycles. The number of hydrogen-bond donors (Lipinski definition) is 2. The van der Waals surface area contributed by atoms with Crippen molar-refractivity contribution >= 4 is 32.6 Å². The van der Waals surface area contributed by atoms with Gasteiger partial charge in [-0.2, -0.15) is 0 Å². The number of nitrogens with two attached hydrogens (primary N) is 1. The van der Waals surface area contributed by atoms with Gasteiger partial charge in [-0.25, -0.2) is 4.98 Å².